The molecule has 17 heavy (non-hydrogen) atoms. The fourth-order valence-electron chi connectivity index (χ4n) is 1.46. The Bertz CT molecular complexity index is 534. The molecule has 0 aliphatic heterocycles. The van der Waals surface area contributed by atoms with Crippen molar-refractivity contribution in [3.8, 4) is 11.5 Å². The lowest BCUT2D eigenvalue weighted by Gasteiger charge is -1.96. The Labute approximate surface area is 98.9 Å². The lowest BCUT2D eigenvalue weighted by Crippen LogP contribution is -1.94. The molecule has 0 aliphatic carbocycles. The minimum absolute atomic E-state index is 0.110. The van der Waals surface area contributed by atoms with Gasteiger partial charge in [-0.3, -0.25) is 4.98 Å². The number of hydrogen-bond donors (Lipinski definition) is 0. The summed E-state index contributed by atoms with van der Waals surface area (Å²) in [6, 6.07) is 3.80. The molecule has 0 aromatic carbocycles. The van der Waals surface area contributed by atoms with Gasteiger partial charge in [-0.15, -0.1) is 0 Å². The molecule has 0 bridgehead atoms. The third-order valence-electron chi connectivity index (χ3n) is 2.38. The van der Waals surface area contributed by atoms with Crippen LogP contribution in [0.15, 0.2) is 22.9 Å². The van der Waals surface area contributed by atoms with Gasteiger partial charge in [-0.1, -0.05) is 11.2 Å². The van der Waals surface area contributed by atoms with Gasteiger partial charge in [0, 0.05) is 19.0 Å². The third kappa shape index (κ3) is 2.75. The molecule has 88 valence electrons. The van der Waals surface area contributed by atoms with Crippen molar-refractivity contribution in [3.05, 3.63) is 29.8 Å². The molecule has 2 aromatic rings. The summed E-state index contributed by atoms with van der Waals surface area (Å²) in [7, 11) is 0. The van der Waals surface area contributed by atoms with Crippen molar-refractivity contribution in [2.45, 2.75) is 26.7 Å². The number of Topliss-reactive ketones (excluding diaryl/α,β-unsaturated/α-hetero) is 1. The number of pyridine rings is 1. The molecule has 5 heteroatoms. The summed E-state index contributed by atoms with van der Waals surface area (Å²) in [5, 5.41) is 3.87. The quantitative estimate of drug-likeness (QED) is 0.804. The summed E-state index contributed by atoms with van der Waals surface area (Å²) in [5.74, 6) is 1.06. The number of nitrogens with zero attached hydrogens (tertiary/aromatic N) is 3. The minimum atomic E-state index is 0.110. The second kappa shape index (κ2) is 4.86. The van der Waals surface area contributed by atoms with Gasteiger partial charge in [-0.25, -0.2) is 0 Å². The van der Waals surface area contributed by atoms with Crippen LogP contribution in [-0.2, 0) is 11.2 Å². The Hall–Kier alpha value is -2.04. The van der Waals surface area contributed by atoms with Crippen molar-refractivity contribution in [2.24, 2.45) is 0 Å². The van der Waals surface area contributed by atoms with Crippen molar-refractivity contribution in [1.29, 1.82) is 0 Å². The van der Waals surface area contributed by atoms with Crippen molar-refractivity contribution < 1.29 is 9.32 Å². The van der Waals surface area contributed by atoms with Gasteiger partial charge in [0.1, 0.15) is 11.5 Å². The van der Waals surface area contributed by atoms with Crippen molar-refractivity contribution in [3.63, 3.8) is 0 Å². The number of carbonyl (C=O) groups is 1. The average Bonchev–Trinajstić information content (AvgIpc) is 2.75. The number of rotatable bonds is 4. The summed E-state index contributed by atoms with van der Waals surface area (Å²) in [6.45, 7) is 3.48. The first-order valence-electron chi connectivity index (χ1n) is 5.41. The molecule has 2 aromatic heterocycles. The molecular formula is C12H13N3O2. The van der Waals surface area contributed by atoms with Crippen LogP contribution < -0.4 is 0 Å². The normalized spacial score (nSPS) is 10.5. The van der Waals surface area contributed by atoms with Crippen LogP contribution in [0.1, 0.15) is 24.8 Å². The Morgan fingerprint density at radius 3 is 3.00 bits per heavy atom. The van der Waals surface area contributed by atoms with Crippen LogP contribution in [0.2, 0.25) is 0 Å². The minimum Gasteiger partial charge on any atom is -0.339 e. The maximum absolute atomic E-state index is 10.8. The number of ketones is 1. The topological polar surface area (TPSA) is 68.9 Å². The molecule has 5 nitrogen and oxygen atoms in total. The highest BCUT2D eigenvalue weighted by atomic mass is 16.5. The highest BCUT2D eigenvalue weighted by molar-refractivity contribution is 5.75. The molecular weight excluding hydrogens is 218 g/mol. The molecule has 0 N–H and O–H groups in total. The van der Waals surface area contributed by atoms with Crippen molar-refractivity contribution >= 4 is 5.78 Å². The second-order valence-corrected chi connectivity index (χ2v) is 3.88. The highest BCUT2D eigenvalue weighted by Gasteiger charge is 2.11. The van der Waals surface area contributed by atoms with E-state index in [1.807, 2.05) is 19.1 Å². The molecule has 0 unspecified atom stereocenters. The molecule has 0 radical (unpaired) electrons. The molecule has 2 heterocycles. The predicted molar refractivity (Wildman–Crippen MR) is 61.3 cm³/mol. The van der Waals surface area contributed by atoms with E-state index in [1.54, 1.807) is 13.1 Å². The lowest BCUT2D eigenvalue weighted by molar-refractivity contribution is -0.117. The third-order valence-corrected chi connectivity index (χ3v) is 2.38. The second-order valence-electron chi connectivity index (χ2n) is 3.88. The van der Waals surface area contributed by atoms with E-state index in [2.05, 4.69) is 15.1 Å². The maximum Gasteiger partial charge on any atom is 0.227 e. The number of aromatic nitrogens is 3. The number of aryl methyl sites for hydroxylation is 2. The highest BCUT2D eigenvalue weighted by Crippen LogP contribution is 2.17. The van der Waals surface area contributed by atoms with Crippen LogP contribution in [0.4, 0.5) is 0 Å². The van der Waals surface area contributed by atoms with E-state index in [4.69, 9.17) is 4.52 Å². The summed E-state index contributed by atoms with van der Waals surface area (Å²) < 4.78 is 5.07. The van der Waals surface area contributed by atoms with Gasteiger partial charge >= 0.3 is 0 Å². The van der Waals surface area contributed by atoms with Gasteiger partial charge < -0.3 is 9.32 Å². The summed E-state index contributed by atoms with van der Waals surface area (Å²) >= 11 is 0. The molecule has 0 fully saturated rings. The van der Waals surface area contributed by atoms with E-state index in [9.17, 15) is 4.79 Å². The van der Waals surface area contributed by atoms with E-state index < -0.39 is 0 Å². The van der Waals surface area contributed by atoms with Crippen LogP contribution in [0.5, 0.6) is 0 Å². The van der Waals surface area contributed by atoms with Gasteiger partial charge in [0.15, 0.2) is 0 Å². The van der Waals surface area contributed by atoms with Crippen molar-refractivity contribution in [1.82, 2.24) is 15.1 Å². The first kappa shape index (κ1) is 11.4. The standard InChI is InChI=1S/C12H13N3O2/c1-8-4-3-7-13-11(8)12-14-10(17-15-12)6-5-9(2)16/h3-4,7H,5-6H2,1-2H3. The van der Waals surface area contributed by atoms with E-state index in [1.165, 1.54) is 0 Å². The van der Waals surface area contributed by atoms with Crippen LogP contribution >= 0.6 is 0 Å². The summed E-state index contributed by atoms with van der Waals surface area (Å²) in [6.07, 6.45) is 2.59. The van der Waals surface area contributed by atoms with Gasteiger partial charge in [-0.05, 0) is 25.5 Å². The smallest absolute Gasteiger partial charge is 0.227 e. The van der Waals surface area contributed by atoms with E-state index >= 15 is 0 Å². The molecule has 0 atom stereocenters. The van der Waals surface area contributed by atoms with Crippen LogP contribution in [-0.4, -0.2) is 20.9 Å². The summed E-state index contributed by atoms with van der Waals surface area (Å²) in [4.78, 5) is 19.3. The van der Waals surface area contributed by atoms with Crippen LogP contribution in [0.25, 0.3) is 11.5 Å². The van der Waals surface area contributed by atoms with Gasteiger partial charge in [0.25, 0.3) is 0 Å². The first-order valence-corrected chi connectivity index (χ1v) is 5.41. The zero-order chi connectivity index (χ0) is 12.3. The van der Waals surface area contributed by atoms with E-state index in [-0.39, 0.29) is 5.78 Å². The molecule has 0 saturated heterocycles. The fraction of sp³-hybridized carbons (Fsp3) is 0.333. The van der Waals surface area contributed by atoms with E-state index in [0.29, 0.717) is 30.3 Å². The summed E-state index contributed by atoms with van der Waals surface area (Å²) in [5.41, 5.74) is 1.71. The maximum atomic E-state index is 10.8. The van der Waals surface area contributed by atoms with Crippen LogP contribution in [0.3, 0.4) is 0 Å². The fourth-order valence-corrected chi connectivity index (χ4v) is 1.46. The number of hydrogen-bond acceptors (Lipinski definition) is 5. The lowest BCUT2D eigenvalue weighted by atomic mass is 10.2. The SMILES string of the molecule is CC(=O)CCc1nc(-c2ncccc2C)no1. The van der Waals surface area contributed by atoms with Crippen molar-refractivity contribution in [2.75, 3.05) is 0 Å². The van der Waals surface area contributed by atoms with Gasteiger partial charge in [0.2, 0.25) is 11.7 Å². The Balaban J connectivity index is 2.18. The Kier molecular flexibility index (Phi) is 3.27. The molecule has 0 saturated carbocycles. The largest absolute Gasteiger partial charge is 0.339 e. The monoisotopic (exact) mass is 231 g/mol. The molecule has 0 spiro atoms. The zero-order valence-corrected chi connectivity index (χ0v) is 9.80. The van der Waals surface area contributed by atoms with Gasteiger partial charge in [-0.2, -0.15) is 4.98 Å². The number of carbonyl (C=O) groups excluding carboxylic acids is 1. The Morgan fingerprint density at radius 2 is 2.29 bits per heavy atom. The van der Waals surface area contributed by atoms with E-state index in [0.717, 1.165) is 5.56 Å². The van der Waals surface area contributed by atoms with Crippen LogP contribution in [0, 0.1) is 6.92 Å². The average molecular weight is 231 g/mol. The molecule has 2 rings (SSSR count). The Morgan fingerprint density at radius 1 is 1.47 bits per heavy atom. The first-order chi connectivity index (χ1) is 8.16. The molecule has 0 amide bonds. The zero-order valence-electron chi connectivity index (χ0n) is 9.80. The molecule has 0 aliphatic rings. The predicted octanol–water partition coefficient (Wildman–Crippen LogP) is 1.96. The van der Waals surface area contributed by atoms with Gasteiger partial charge in [0.05, 0.1) is 0 Å².